The van der Waals surface area contributed by atoms with Crippen LogP contribution in [-0.4, -0.2) is 27.8 Å². The van der Waals surface area contributed by atoms with Crippen LogP contribution in [0.4, 0.5) is 0 Å². The minimum Gasteiger partial charge on any atom is -0.364 e. The molecular weight excluding hydrogens is 312 g/mol. The first-order valence-electron chi connectivity index (χ1n) is 8.03. The molecule has 23 heavy (non-hydrogen) atoms. The van der Waals surface area contributed by atoms with Crippen molar-refractivity contribution in [1.82, 2.24) is 20.4 Å². The summed E-state index contributed by atoms with van der Waals surface area (Å²) in [6.07, 6.45) is 4.05. The molecule has 0 unspecified atom stereocenters. The predicted molar refractivity (Wildman–Crippen MR) is 88.4 cm³/mol. The second-order valence-electron chi connectivity index (χ2n) is 7.02. The molecule has 7 heteroatoms. The molecule has 0 radical (unpaired) electrons. The minimum atomic E-state index is -0.0566. The van der Waals surface area contributed by atoms with Crippen molar-refractivity contribution in [3.63, 3.8) is 0 Å². The maximum absolute atomic E-state index is 5.99. The molecule has 126 valence electrons. The summed E-state index contributed by atoms with van der Waals surface area (Å²) in [6, 6.07) is 0. The molecule has 1 N–H and O–H groups in total. The van der Waals surface area contributed by atoms with Gasteiger partial charge in [0.1, 0.15) is 6.10 Å². The number of nitrogens with one attached hydrogen (secondary N) is 1. The second-order valence-corrected chi connectivity index (χ2v) is 8.13. The van der Waals surface area contributed by atoms with Crippen molar-refractivity contribution in [3.05, 3.63) is 27.8 Å². The number of nitrogens with zero attached hydrogens (tertiary/aromatic N) is 3. The fourth-order valence-electron chi connectivity index (χ4n) is 2.57. The Labute approximate surface area is 140 Å². The van der Waals surface area contributed by atoms with Crippen molar-refractivity contribution in [2.45, 2.75) is 64.7 Å². The zero-order valence-corrected chi connectivity index (χ0v) is 14.9. The Morgan fingerprint density at radius 1 is 1.35 bits per heavy atom. The molecule has 1 fully saturated rings. The number of aromatic nitrogens is 3. The van der Waals surface area contributed by atoms with E-state index in [0.717, 1.165) is 25.9 Å². The predicted octanol–water partition coefficient (Wildman–Crippen LogP) is 3.14. The first-order chi connectivity index (χ1) is 10.9. The summed E-state index contributed by atoms with van der Waals surface area (Å²) in [6.45, 7) is 10.0. The van der Waals surface area contributed by atoms with E-state index in [2.05, 4.69) is 41.2 Å². The lowest BCUT2D eigenvalue weighted by Crippen LogP contribution is -2.25. The lowest BCUT2D eigenvalue weighted by atomic mass is 9.98. The third-order valence-corrected chi connectivity index (χ3v) is 5.22. The number of ether oxygens (including phenoxy) is 1. The normalized spacial score (nSPS) is 21.9. The van der Waals surface area contributed by atoms with Gasteiger partial charge in [-0.2, -0.15) is 4.98 Å². The van der Waals surface area contributed by atoms with E-state index in [9.17, 15) is 0 Å². The van der Waals surface area contributed by atoms with Crippen LogP contribution in [0.15, 0.2) is 10.7 Å². The highest BCUT2D eigenvalue weighted by atomic mass is 32.1. The molecule has 0 aliphatic carbocycles. The molecule has 0 bridgehead atoms. The molecule has 2 aromatic rings. The Hall–Kier alpha value is -1.31. The molecule has 0 aromatic carbocycles. The Kier molecular flexibility index (Phi) is 4.79. The highest BCUT2D eigenvalue weighted by Gasteiger charge is 2.30. The van der Waals surface area contributed by atoms with Crippen LogP contribution in [0.2, 0.25) is 0 Å². The van der Waals surface area contributed by atoms with E-state index in [1.807, 2.05) is 13.1 Å². The van der Waals surface area contributed by atoms with E-state index in [1.165, 1.54) is 9.88 Å². The second kappa shape index (κ2) is 6.67. The van der Waals surface area contributed by atoms with Gasteiger partial charge in [-0.3, -0.25) is 0 Å². The first-order valence-corrected chi connectivity index (χ1v) is 8.85. The fourth-order valence-corrected chi connectivity index (χ4v) is 3.51. The zero-order valence-electron chi connectivity index (χ0n) is 14.1. The van der Waals surface area contributed by atoms with E-state index < -0.39 is 0 Å². The Balaban J connectivity index is 1.44. The van der Waals surface area contributed by atoms with Crippen molar-refractivity contribution >= 4 is 11.3 Å². The summed E-state index contributed by atoms with van der Waals surface area (Å²) in [5.41, 5.74) is 0.118. The molecule has 1 saturated heterocycles. The maximum Gasteiger partial charge on any atom is 0.255 e. The van der Waals surface area contributed by atoms with Gasteiger partial charge in [0.2, 0.25) is 0 Å². The summed E-state index contributed by atoms with van der Waals surface area (Å²) in [5, 5.41) is 8.47. The van der Waals surface area contributed by atoms with Crippen LogP contribution in [0.1, 0.15) is 61.3 Å². The van der Waals surface area contributed by atoms with Crippen LogP contribution in [0.25, 0.3) is 0 Å². The standard InChI is InChI=1S/C16H24N4O2S/c1-10-19-14(22-20-10)13-6-5-11(21-13)7-17-8-12-9-18-15(23-12)16(2,3)4/h9,11,13,17H,5-8H2,1-4H3/t11-,13+/m1/s1. The molecule has 0 saturated carbocycles. The average Bonchev–Trinajstić information content (AvgIpc) is 3.17. The maximum atomic E-state index is 5.99. The molecule has 3 heterocycles. The number of rotatable bonds is 5. The highest BCUT2D eigenvalue weighted by molar-refractivity contribution is 7.11. The smallest absolute Gasteiger partial charge is 0.255 e. The van der Waals surface area contributed by atoms with Crippen LogP contribution < -0.4 is 5.32 Å². The van der Waals surface area contributed by atoms with Gasteiger partial charge < -0.3 is 14.6 Å². The average molecular weight is 336 g/mol. The van der Waals surface area contributed by atoms with Gasteiger partial charge in [-0.15, -0.1) is 11.3 Å². The number of aryl methyl sites for hydroxylation is 1. The Morgan fingerprint density at radius 3 is 2.83 bits per heavy atom. The van der Waals surface area contributed by atoms with Crippen molar-refractivity contribution in [1.29, 1.82) is 0 Å². The summed E-state index contributed by atoms with van der Waals surface area (Å²) in [7, 11) is 0. The van der Waals surface area contributed by atoms with Crippen LogP contribution in [0, 0.1) is 6.92 Å². The van der Waals surface area contributed by atoms with Gasteiger partial charge in [-0.05, 0) is 19.8 Å². The van der Waals surface area contributed by atoms with E-state index >= 15 is 0 Å². The molecule has 0 amide bonds. The molecule has 2 atom stereocenters. The summed E-state index contributed by atoms with van der Waals surface area (Å²) < 4.78 is 11.2. The summed E-state index contributed by atoms with van der Waals surface area (Å²) in [4.78, 5) is 10.0. The number of hydrogen-bond donors (Lipinski definition) is 1. The number of thiazole rings is 1. The van der Waals surface area contributed by atoms with E-state index in [4.69, 9.17) is 9.26 Å². The molecule has 6 nitrogen and oxygen atoms in total. The van der Waals surface area contributed by atoms with E-state index in [0.29, 0.717) is 11.7 Å². The van der Waals surface area contributed by atoms with Gasteiger partial charge in [-0.1, -0.05) is 25.9 Å². The van der Waals surface area contributed by atoms with E-state index in [-0.39, 0.29) is 17.6 Å². The molecule has 2 aromatic heterocycles. The zero-order chi connectivity index (χ0) is 16.4. The minimum absolute atomic E-state index is 0.0566. The van der Waals surface area contributed by atoms with E-state index in [1.54, 1.807) is 11.3 Å². The third-order valence-electron chi connectivity index (χ3n) is 3.79. The molecule has 0 spiro atoms. The van der Waals surface area contributed by atoms with Gasteiger partial charge in [0.05, 0.1) is 11.1 Å². The van der Waals surface area contributed by atoms with Gasteiger partial charge in [-0.25, -0.2) is 4.98 Å². The number of hydrogen-bond acceptors (Lipinski definition) is 7. The van der Waals surface area contributed by atoms with Crippen LogP contribution >= 0.6 is 11.3 Å². The molecular formula is C16H24N4O2S. The SMILES string of the molecule is Cc1noc([C@@H]2CC[C@H](CNCc3cnc(C(C)(C)C)s3)O2)n1. The van der Waals surface area contributed by atoms with Gasteiger partial charge in [0, 0.05) is 29.6 Å². The first kappa shape index (κ1) is 16.5. The largest absolute Gasteiger partial charge is 0.364 e. The van der Waals surface area contributed by atoms with Crippen molar-refractivity contribution in [3.8, 4) is 0 Å². The fraction of sp³-hybridized carbons (Fsp3) is 0.688. The van der Waals surface area contributed by atoms with Gasteiger partial charge in [0.25, 0.3) is 5.89 Å². The molecule has 3 rings (SSSR count). The van der Waals surface area contributed by atoms with Crippen molar-refractivity contribution < 1.29 is 9.26 Å². The summed E-state index contributed by atoms with van der Waals surface area (Å²) >= 11 is 1.77. The van der Waals surface area contributed by atoms with Crippen LogP contribution in [0.5, 0.6) is 0 Å². The summed E-state index contributed by atoms with van der Waals surface area (Å²) in [5.74, 6) is 1.26. The Morgan fingerprint density at radius 2 is 2.17 bits per heavy atom. The van der Waals surface area contributed by atoms with Crippen LogP contribution in [0.3, 0.4) is 0 Å². The lowest BCUT2D eigenvalue weighted by Gasteiger charge is -2.13. The molecule has 1 aliphatic heterocycles. The van der Waals surface area contributed by atoms with Crippen molar-refractivity contribution in [2.75, 3.05) is 6.54 Å². The molecule has 1 aliphatic rings. The topological polar surface area (TPSA) is 73.1 Å². The monoisotopic (exact) mass is 336 g/mol. The van der Waals surface area contributed by atoms with Crippen LogP contribution in [-0.2, 0) is 16.7 Å². The lowest BCUT2D eigenvalue weighted by molar-refractivity contribution is 0.0264. The quantitative estimate of drug-likeness (QED) is 0.904. The third kappa shape index (κ3) is 4.16. The van der Waals surface area contributed by atoms with Crippen molar-refractivity contribution in [2.24, 2.45) is 0 Å². The van der Waals surface area contributed by atoms with Gasteiger partial charge >= 0.3 is 0 Å². The Bertz CT molecular complexity index is 647. The highest BCUT2D eigenvalue weighted by Crippen LogP contribution is 2.31. The van der Waals surface area contributed by atoms with Gasteiger partial charge in [0.15, 0.2) is 5.82 Å².